The lowest BCUT2D eigenvalue weighted by atomic mass is 10.0. The van der Waals surface area contributed by atoms with Crippen molar-refractivity contribution in [2.24, 2.45) is 5.73 Å². The molecule has 0 fully saturated rings. The van der Waals surface area contributed by atoms with Crippen LogP contribution in [0.5, 0.6) is 5.19 Å². The van der Waals surface area contributed by atoms with E-state index in [1.807, 2.05) is 0 Å². The second-order valence-corrected chi connectivity index (χ2v) is 3.95. The van der Waals surface area contributed by atoms with E-state index in [1.165, 1.54) is 5.38 Å². The molecule has 1 heterocycles. The van der Waals surface area contributed by atoms with E-state index >= 15 is 0 Å². The van der Waals surface area contributed by atoms with Crippen LogP contribution in [-0.4, -0.2) is 17.8 Å². The average Bonchev–Trinajstić information content (AvgIpc) is 2.51. The number of alkyl halides is 3. The zero-order chi connectivity index (χ0) is 11.7. The van der Waals surface area contributed by atoms with E-state index in [2.05, 4.69) is 4.98 Å². The zero-order valence-corrected chi connectivity index (χ0v) is 9.08. The minimum absolute atomic E-state index is 0.202. The van der Waals surface area contributed by atoms with Crippen LogP contribution in [0, 0.1) is 0 Å². The summed E-state index contributed by atoms with van der Waals surface area (Å²) in [6.45, 7) is 2.98. The molecule has 1 rings (SSSR count). The van der Waals surface area contributed by atoms with Crippen LogP contribution in [0.15, 0.2) is 5.38 Å². The van der Waals surface area contributed by atoms with Gasteiger partial charge in [-0.3, -0.25) is 0 Å². The largest absolute Gasteiger partial charge is 0.470 e. The van der Waals surface area contributed by atoms with Crippen molar-refractivity contribution in [1.29, 1.82) is 0 Å². The van der Waals surface area contributed by atoms with Crippen molar-refractivity contribution in [2.75, 3.05) is 6.61 Å². The lowest BCUT2D eigenvalue weighted by Crippen LogP contribution is -2.47. The SMILES string of the molecule is CCOc1nc(C(C)(N)C(F)(F)F)cs1. The highest BCUT2D eigenvalue weighted by molar-refractivity contribution is 7.11. The van der Waals surface area contributed by atoms with Gasteiger partial charge in [-0.2, -0.15) is 13.2 Å². The number of hydrogen-bond donors (Lipinski definition) is 1. The molecule has 0 radical (unpaired) electrons. The molecule has 0 spiro atoms. The predicted molar refractivity (Wildman–Crippen MR) is 50.9 cm³/mol. The molecule has 1 atom stereocenters. The van der Waals surface area contributed by atoms with Gasteiger partial charge in [0.05, 0.1) is 12.3 Å². The maximum atomic E-state index is 12.5. The van der Waals surface area contributed by atoms with Crippen molar-refractivity contribution in [2.45, 2.75) is 25.6 Å². The highest BCUT2D eigenvalue weighted by Gasteiger charge is 2.51. The fourth-order valence-electron chi connectivity index (χ4n) is 0.831. The molecule has 1 unspecified atom stereocenters. The number of nitrogens with zero attached hydrogens (tertiary/aromatic N) is 1. The second kappa shape index (κ2) is 3.97. The zero-order valence-electron chi connectivity index (χ0n) is 8.26. The molecule has 1 aromatic heterocycles. The molecule has 7 heteroatoms. The maximum absolute atomic E-state index is 12.5. The lowest BCUT2D eigenvalue weighted by Gasteiger charge is -2.25. The molecule has 0 amide bonds. The Kier molecular flexibility index (Phi) is 3.25. The fraction of sp³-hybridized carbons (Fsp3) is 0.625. The number of nitrogens with two attached hydrogens (primary N) is 1. The molecule has 86 valence electrons. The molecule has 0 aromatic carbocycles. The van der Waals surface area contributed by atoms with Crippen LogP contribution in [-0.2, 0) is 5.54 Å². The number of halogens is 3. The summed E-state index contributed by atoms with van der Waals surface area (Å²) >= 11 is 1.00. The standard InChI is InChI=1S/C8H11F3N2OS/c1-3-14-6-13-5(4-15-6)7(2,12)8(9,10)11/h4H,3,12H2,1-2H3. The molecule has 0 aliphatic heterocycles. The monoisotopic (exact) mass is 240 g/mol. The first kappa shape index (κ1) is 12.3. The molecule has 0 aliphatic carbocycles. The molecule has 3 nitrogen and oxygen atoms in total. The summed E-state index contributed by atoms with van der Waals surface area (Å²) in [5.41, 5.74) is 2.54. The van der Waals surface area contributed by atoms with Crippen LogP contribution in [0.4, 0.5) is 13.2 Å². The second-order valence-electron chi connectivity index (χ2n) is 3.13. The Balaban J connectivity index is 2.95. The summed E-state index contributed by atoms with van der Waals surface area (Å²) in [5, 5.41) is 1.46. The first-order valence-electron chi connectivity index (χ1n) is 4.23. The minimum atomic E-state index is -4.52. The summed E-state index contributed by atoms with van der Waals surface area (Å²) in [5.74, 6) is 0. The quantitative estimate of drug-likeness (QED) is 0.881. The van der Waals surface area contributed by atoms with Gasteiger partial charge in [0.15, 0.2) is 5.54 Å². The molecule has 15 heavy (non-hydrogen) atoms. The van der Waals surface area contributed by atoms with Gasteiger partial charge in [0.25, 0.3) is 5.19 Å². The van der Waals surface area contributed by atoms with Crippen molar-refractivity contribution in [3.8, 4) is 5.19 Å². The van der Waals surface area contributed by atoms with Crippen LogP contribution in [0.2, 0.25) is 0 Å². The smallest absolute Gasteiger partial charge is 0.411 e. The minimum Gasteiger partial charge on any atom is -0.470 e. The first-order valence-corrected chi connectivity index (χ1v) is 5.11. The lowest BCUT2D eigenvalue weighted by molar-refractivity contribution is -0.185. The molecule has 0 saturated heterocycles. The predicted octanol–water partition coefficient (Wildman–Crippen LogP) is 2.28. The Morgan fingerprint density at radius 2 is 2.13 bits per heavy atom. The van der Waals surface area contributed by atoms with Crippen LogP contribution in [0.25, 0.3) is 0 Å². The average molecular weight is 240 g/mol. The third-order valence-electron chi connectivity index (χ3n) is 1.87. The molecule has 1 aromatic rings. The van der Waals surface area contributed by atoms with Crippen LogP contribution in [0.1, 0.15) is 19.5 Å². The number of rotatable bonds is 3. The molecule has 0 saturated carbocycles. The summed E-state index contributed by atoms with van der Waals surface area (Å²) in [4.78, 5) is 3.69. The van der Waals surface area contributed by atoms with Crippen molar-refractivity contribution in [3.05, 3.63) is 11.1 Å². The van der Waals surface area contributed by atoms with Gasteiger partial charge in [0, 0.05) is 5.38 Å². The van der Waals surface area contributed by atoms with Gasteiger partial charge < -0.3 is 10.5 Å². The normalized spacial score (nSPS) is 16.1. The molecule has 2 N–H and O–H groups in total. The van der Waals surface area contributed by atoms with Gasteiger partial charge in [-0.25, -0.2) is 4.98 Å². The number of thiazole rings is 1. The first-order chi connectivity index (χ1) is 6.79. The third-order valence-corrected chi connectivity index (χ3v) is 2.62. The Bertz CT molecular complexity index is 335. The number of ether oxygens (including phenoxy) is 1. The van der Waals surface area contributed by atoms with E-state index in [1.54, 1.807) is 6.92 Å². The van der Waals surface area contributed by atoms with E-state index < -0.39 is 11.7 Å². The van der Waals surface area contributed by atoms with Gasteiger partial charge in [-0.15, -0.1) is 0 Å². The van der Waals surface area contributed by atoms with Crippen molar-refractivity contribution >= 4 is 11.3 Å². The highest BCUT2D eigenvalue weighted by Crippen LogP contribution is 2.37. The summed E-state index contributed by atoms with van der Waals surface area (Å²) in [7, 11) is 0. The Morgan fingerprint density at radius 1 is 1.53 bits per heavy atom. The molecular weight excluding hydrogens is 229 g/mol. The van der Waals surface area contributed by atoms with E-state index in [4.69, 9.17) is 10.5 Å². The Morgan fingerprint density at radius 3 is 2.60 bits per heavy atom. The fourth-order valence-corrected chi connectivity index (χ4v) is 1.68. The van der Waals surface area contributed by atoms with Gasteiger partial charge >= 0.3 is 6.18 Å². The van der Waals surface area contributed by atoms with Crippen molar-refractivity contribution < 1.29 is 17.9 Å². The Hall–Kier alpha value is -0.820. The van der Waals surface area contributed by atoms with E-state index in [-0.39, 0.29) is 10.9 Å². The molecule has 0 bridgehead atoms. The maximum Gasteiger partial charge on any atom is 0.411 e. The Labute approximate surface area is 89.1 Å². The van der Waals surface area contributed by atoms with E-state index in [0.29, 0.717) is 6.61 Å². The highest BCUT2D eigenvalue weighted by atomic mass is 32.1. The summed E-state index contributed by atoms with van der Waals surface area (Å²) in [6, 6.07) is 0. The van der Waals surface area contributed by atoms with Crippen LogP contribution >= 0.6 is 11.3 Å². The van der Waals surface area contributed by atoms with Gasteiger partial charge in [-0.1, -0.05) is 11.3 Å². The molecule has 0 aliphatic rings. The van der Waals surface area contributed by atoms with Crippen LogP contribution < -0.4 is 10.5 Å². The van der Waals surface area contributed by atoms with Gasteiger partial charge in [0.2, 0.25) is 0 Å². The number of aromatic nitrogens is 1. The summed E-state index contributed by atoms with van der Waals surface area (Å²) in [6.07, 6.45) is -4.52. The topological polar surface area (TPSA) is 48.1 Å². The van der Waals surface area contributed by atoms with Crippen molar-refractivity contribution in [1.82, 2.24) is 4.98 Å². The van der Waals surface area contributed by atoms with Crippen LogP contribution in [0.3, 0.4) is 0 Å². The molecular formula is C8H11F3N2OS. The summed E-state index contributed by atoms with van der Waals surface area (Å²) < 4.78 is 42.5. The van der Waals surface area contributed by atoms with E-state index in [9.17, 15) is 13.2 Å². The number of hydrogen-bond acceptors (Lipinski definition) is 4. The third kappa shape index (κ3) is 2.40. The van der Waals surface area contributed by atoms with Gasteiger partial charge in [0.1, 0.15) is 0 Å². The van der Waals surface area contributed by atoms with Crippen molar-refractivity contribution in [3.63, 3.8) is 0 Å². The van der Waals surface area contributed by atoms with Gasteiger partial charge in [-0.05, 0) is 13.8 Å². The van der Waals surface area contributed by atoms with E-state index in [0.717, 1.165) is 18.3 Å².